The Kier molecular flexibility index (Phi) is 3.85. The minimum absolute atomic E-state index is 0.208. The van der Waals surface area contributed by atoms with E-state index in [2.05, 4.69) is 15.4 Å². The van der Waals surface area contributed by atoms with Gasteiger partial charge < -0.3 is 5.32 Å². The second kappa shape index (κ2) is 6.32. The van der Waals surface area contributed by atoms with Crippen LogP contribution in [0.3, 0.4) is 0 Å². The fraction of sp³-hybridized carbons (Fsp3) is 0.0526. The molecular weight excluding hydrogens is 322 g/mol. The molecule has 124 valence electrons. The van der Waals surface area contributed by atoms with Crippen LogP contribution >= 0.6 is 0 Å². The highest BCUT2D eigenvalue weighted by Gasteiger charge is 2.08. The van der Waals surface area contributed by atoms with Crippen LogP contribution in [0.4, 0.5) is 14.6 Å². The predicted octanol–water partition coefficient (Wildman–Crippen LogP) is 4.29. The first kappa shape index (κ1) is 15.3. The third-order valence-corrected chi connectivity index (χ3v) is 3.91. The van der Waals surface area contributed by atoms with Gasteiger partial charge in [0.15, 0.2) is 5.65 Å². The number of imidazole rings is 1. The summed E-state index contributed by atoms with van der Waals surface area (Å²) >= 11 is 0. The Morgan fingerprint density at radius 1 is 0.960 bits per heavy atom. The molecule has 0 saturated heterocycles. The molecule has 0 aliphatic rings. The van der Waals surface area contributed by atoms with Crippen molar-refractivity contribution in [1.82, 2.24) is 14.6 Å². The summed E-state index contributed by atoms with van der Waals surface area (Å²) in [5.74, 6) is -0.598. The zero-order valence-corrected chi connectivity index (χ0v) is 13.2. The molecule has 4 aromatic rings. The van der Waals surface area contributed by atoms with Crippen LogP contribution in [-0.2, 0) is 6.54 Å². The third kappa shape index (κ3) is 3.06. The smallest absolute Gasteiger partial charge is 0.154 e. The van der Waals surface area contributed by atoms with Crippen molar-refractivity contribution in [3.63, 3.8) is 0 Å². The highest BCUT2D eigenvalue weighted by atomic mass is 19.1. The summed E-state index contributed by atoms with van der Waals surface area (Å²) < 4.78 is 28.4. The molecule has 0 radical (unpaired) electrons. The quantitative estimate of drug-likeness (QED) is 0.605. The molecule has 0 bridgehead atoms. The maximum atomic E-state index is 13.7. The van der Waals surface area contributed by atoms with Crippen molar-refractivity contribution in [2.75, 3.05) is 5.32 Å². The Hall–Kier alpha value is -3.28. The largest absolute Gasteiger partial charge is 0.364 e. The van der Waals surface area contributed by atoms with Crippen molar-refractivity contribution in [2.45, 2.75) is 6.54 Å². The first-order valence-electron chi connectivity index (χ1n) is 7.79. The number of rotatable bonds is 4. The second-order valence-electron chi connectivity index (χ2n) is 5.59. The number of nitrogens with one attached hydrogen (secondary N) is 1. The van der Waals surface area contributed by atoms with Gasteiger partial charge in [-0.05, 0) is 18.2 Å². The molecule has 0 aliphatic carbocycles. The molecule has 2 aromatic carbocycles. The number of halogens is 2. The van der Waals surface area contributed by atoms with Gasteiger partial charge in [-0.15, -0.1) is 5.10 Å². The number of hydrogen-bond acceptors (Lipinski definition) is 3. The number of fused-ring (bicyclic) bond motifs is 1. The lowest BCUT2D eigenvalue weighted by molar-refractivity contribution is 0.574. The van der Waals surface area contributed by atoms with Crippen molar-refractivity contribution in [1.29, 1.82) is 0 Å². The van der Waals surface area contributed by atoms with Crippen molar-refractivity contribution in [3.05, 3.63) is 84.1 Å². The average molecular weight is 336 g/mol. The van der Waals surface area contributed by atoms with Gasteiger partial charge in [0.25, 0.3) is 0 Å². The van der Waals surface area contributed by atoms with Crippen LogP contribution in [0.15, 0.2) is 66.9 Å². The van der Waals surface area contributed by atoms with E-state index < -0.39 is 11.6 Å². The molecule has 0 atom stereocenters. The first-order chi connectivity index (χ1) is 12.2. The summed E-state index contributed by atoms with van der Waals surface area (Å²) in [6.07, 6.45) is 1.76. The summed E-state index contributed by atoms with van der Waals surface area (Å²) in [7, 11) is 0. The van der Waals surface area contributed by atoms with Crippen LogP contribution < -0.4 is 5.32 Å². The lowest BCUT2D eigenvalue weighted by atomic mass is 10.2. The Balaban J connectivity index is 1.62. The van der Waals surface area contributed by atoms with E-state index >= 15 is 0 Å². The molecule has 0 saturated carbocycles. The van der Waals surface area contributed by atoms with E-state index in [1.54, 1.807) is 16.8 Å². The summed E-state index contributed by atoms with van der Waals surface area (Å²) in [4.78, 5) is 4.35. The summed E-state index contributed by atoms with van der Waals surface area (Å²) in [5, 5.41) is 7.58. The van der Waals surface area contributed by atoms with Crippen molar-refractivity contribution >= 4 is 11.5 Å². The van der Waals surface area contributed by atoms with Crippen molar-refractivity contribution in [3.8, 4) is 11.3 Å². The van der Waals surface area contributed by atoms with Gasteiger partial charge >= 0.3 is 0 Å². The van der Waals surface area contributed by atoms with E-state index in [4.69, 9.17) is 0 Å². The van der Waals surface area contributed by atoms with Gasteiger partial charge in [0, 0.05) is 23.7 Å². The van der Waals surface area contributed by atoms with Gasteiger partial charge in [-0.3, -0.25) is 0 Å². The Morgan fingerprint density at radius 2 is 1.80 bits per heavy atom. The number of hydrogen-bond donors (Lipinski definition) is 1. The number of aromatic nitrogens is 3. The lowest BCUT2D eigenvalue weighted by Gasteiger charge is -2.08. The Bertz CT molecular complexity index is 1030. The molecule has 1 N–H and O–H groups in total. The zero-order chi connectivity index (χ0) is 17.2. The molecule has 2 aromatic heterocycles. The van der Waals surface area contributed by atoms with Crippen molar-refractivity contribution < 1.29 is 8.78 Å². The van der Waals surface area contributed by atoms with E-state index in [0.717, 1.165) is 23.0 Å². The monoisotopic (exact) mass is 336 g/mol. The summed E-state index contributed by atoms with van der Waals surface area (Å²) in [6, 6.07) is 17.0. The topological polar surface area (TPSA) is 42.2 Å². The number of benzene rings is 2. The fourth-order valence-corrected chi connectivity index (χ4v) is 2.62. The van der Waals surface area contributed by atoms with Gasteiger partial charge in [0.1, 0.15) is 17.5 Å². The molecule has 25 heavy (non-hydrogen) atoms. The van der Waals surface area contributed by atoms with Gasteiger partial charge in [-0.25, -0.2) is 18.3 Å². The highest BCUT2D eigenvalue weighted by molar-refractivity contribution is 5.63. The molecule has 4 nitrogen and oxygen atoms in total. The number of nitrogens with zero attached hydrogens (tertiary/aromatic N) is 3. The normalized spacial score (nSPS) is 11.0. The maximum absolute atomic E-state index is 13.7. The molecule has 2 heterocycles. The van der Waals surface area contributed by atoms with Crippen LogP contribution in [0, 0.1) is 11.6 Å². The first-order valence-corrected chi connectivity index (χ1v) is 7.79. The van der Waals surface area contributed by atoms with Crippen LogP contribution in [0.1, 0.15) is 5.56 Å². The Morgan fingerprint density at radius 3 is 2.60 bits per heavy atom. The van der Waals surface area contributed by atoms with Gasteiger partial charge in [-0.1, -0.05) is 36.4 Å². The standard InChI is InChI=1S/C19H14F2N4/c20-15-7-6-14(16(21)10-15)11-22-18-8-9-19-23-12-17(25(19)24-18)13-4-2-1-3-5-13/h1-10,12H,11H2,(H,22,24). The lowest BCUT2D eigenvalue weighted by Crippen LogP contribution is -2.06. The van der Waals surface area contributed by atoms with E-state index in [-0.39, 0.29) is 6.54 Å². The van der Waals surface area contributed by atoms with Crippen LogP contribution in [0.25, 0.3) is 16.9 Å². The molecule has 0 fully saturated rings. The zero-order valence-electron chi connectivity index (χ0n) is 13.2. The van der Waals surface area contributed by atoms with E-state index in [9.17, 15) is 8.78 Å². The minimum Gasteiger partial charge on any atom is -0.364 e. The SMILES string of the molecule is Fc1ccc(CNc2ccc3ncc(-c4ccccc4)n3n2)c(F)c1. The van der Waals surface area contributed by atoms with Crippen LogP contribution in [0.2, 0.25) is 0 Å². The second-order valence-corrected chi connectivity index (χ2v) is 5.59. The van der Waals surface area contributed by atoms with Gasteiger partial charge in [0.05, 0.1) is 11.9 Å². The Labute approximate surface area is 142 Å². The van der Waals surface area contributed by atoms with Crippen LogP contribution in [-0.4, -0.2) is 14.6 Å². The molecular formula is C19H14F2N4. The van der Waals surface area contributed by atoms with Gasteiger partial charge in [-0.2, -0.15) is 0 Å². The number of anilines is 1. The molecule has 0 spiro atoms. The third-order valence-electron chi connectivity index (χ3n) is 3.91. The van der Waals surface area contributed by atoms with Gasteiger partial charge in [0.2, 0.25) is 0 Å². The van der Waals surface area contributed by atoms with E-state index in [1.807, 2.05) is 36.4 Å². The molecule has 0 amide bonds. The molecule has 0 unspecified atom stereocenters. The van der Waals surface area contributed by atoms with E-state index in [1.165, 1.54) is 12.1 Å². The summed E-state index contributed by atoms with van der Waals surface area (Å²) in [6.45, 7) is 0.208. The predicted molar refractivity (Wildman–Crippen MR) is 92.1 cm³/mol. The summed E-state index contributed by atoms with van der Waals surface area (Å²) in [5.41, 5.74) is 2.96. The molecule has 0 aliphatic heterocycles. The van der Waals surface area contributed by atoms with E-state index in [0.29, 0.717) is 11.4 Å². The average Bonchev–Trinajstić information content (AvgIpc) is 3.05. The maximum Gasteiger partial charge on any atom is 0.154 e. The van der Waals surface area contributed by atoms with Crippen LogP contribution in [0.5, 0.6) is 0 Å². The fourth-order valence-electron chi connectivity index (χ4n) is 2.62. The minimum atomic E-state index is -0.591. The highest BCUT2D eigenvalue weighted by Crippen LogP contribution is 2.20. The molecule has 4 rings (SSSR count). The molecule has 6 heteroatoms. The van der Waals surface area contributed by atoms with Crippen molar-refractivity contribution in [2.24, 2.45) is 0 Å².